The van der Waals surface area contributed by atoms with Crippen molar-refractivity contribution in [1.82, 2.24) is 4.98 Å². The van der Waals surface area contributed by atoms with E-state index in [1.807, 2.05) is 0 Å². The van der Waals surface area contributed by atoms with E-state index in [1.165, 1.54) is 19.2 Å². The van der Waals surface area contributed by atoms with Gasteiger partial charge in [-0.3, -0.25) is 9.52 Å². The highest BCUT2D eigenvalue weighted by Crippen LogP contribution is 2.00. The van der Waals surface area contributed by atoms with Crippen molar-refractivity contribution in [3.63, 3.8) is 0 Å². The van der Waals surface area contributed by atoms with Gasteiger partial charge in [0.25, 0.3) is 5.56 Å². The summed E-state index contributed by atoms with van der Waals surface area (Å²) >= 11 is 0. The third-order valence-electron chi connectivity index (χ3n) is 1.46. The van der Waals surface area contributed by atoms with Crippen LogP contribution in [0, 0.1) is 0 Å². The Morgan fingerprint density at radius 1 is 1.54 bits per heavy atom. The van der Waals surface area contributed by atoms with Crippen LogP contribution in [0.5, 0.6) is 0 Å². The van der Waals surface area contributed by atoms with Crippen LogP contribution < -0.4 is 10.3 Å². The van der Waals surface area contributed by atoms with Gasteiger partial charge in [-0.15, -0.1) is 0 Å². The average Bonchev–Trinajstić information content (AvgIpc) is 2.09. The molecule has 0 atom stereocenters. The summed E-state index contributed by atoms with van der Waals surface area (Å²) in [5.74, 6) is -0.0542. The maximum atomic E-state index is 11.1. The lowest BCUT2D eigenvalue weighted by Gasteiger charge is -2.03. The molecule has 13 heavy (non-hydrogen) atoms. The molecule has 2 N–H and O–H groups in total. The zero-order valence-electron chi connectivity index (χ0n) is 7.07. The predicted molar refractivity (Wildman–Crippen MR) is 50.1 cm³/mol. The minimum absolute atomic E-state index is 0.0457. The summed E-state index contributed by atoms with van der Waals surface area (Å²) < 4.78 is 24.3. The molecule has 1 rings (SSSR count). The monoisotopic (exact) mass is 202 g/mol. The summed E-state index contributed by atoms with van der Waals surface area (Å²) in [6, 6.07) is 2.96. The van der Waals surface area contributed by atoms with Crippen molar-refractivity contribution < 1.29 is 8.42 Å². The molecule has 1 aromatic heterocycles. The summed E-state index contributed by atoms with van der Waals surface area (Å²) in [5, 5.41) is 0. The van der Waals surface area contributed by atoms with E-state index in [0.29, 0.717) is 0 Å². The van der Waals surface area contributed by atoms with Gasteiger partial charge in [0.05, 0.1) is 5.75 Å². The summed E-state index contributed by atoms with van der Waals surface area (Å²) in [6.45, 7) is 1.50. The van der Waals surface area contributed by atoms with Gasteiger partial charge in [-0.1, -0.05) is 0 Å². The van der Waals surface area contributed by atoms with Crippen LogP contribution in [0.25, 0.3) is 0 Å². The fourth-order valence-electron chi connectivity index (χ4n) is 0.742. The van der Waals surface area contributed by atoms with E-state index in [0.717, 1.165) is 0 Å². The Morgan fingerprint density at radius 3 is 2.77 bits per heavy atom. The first-order chi connectivity index (χ1) is 6.05. The Morgan fingerprint density at radius 2 is 2.23 bits per heavy atom. The number of sulfonamides is 1. The number of aromatic nitrogens is 1. The molecule has 1 aromatic rings. The third-order valence-corrected chi connectivity index (χ3v) is 2.75. The standard InChI is InChI=1S/C7H10N2O3S/c1-2-13(11,12)9-6-4-3-5-8-7(6)10/h3-5,9H,2H2,1H3,(H,8,10). The Bertz CT molecular complexity index is 435. The smallest absolute Gasteiger partial charge is 0.272 e. The average molecular weight is 202 g/mol. The quantitative estimate of drug-likeness (QED) is 0.731. The fraction of sp³-hybridized carbons (Fsp3) is 0.286. The van der Waals surface area contributed by atoms with Gasteiger partial charge in [0.1, 0.15) is 5.69 Å². The molecule has 0 aliphatic rings. The van der Waals surface area contributed by atoms with Gasteiger partial charge in [-0.05, 0) is 19.1 Å². The molecule has 0 amide bonds. The molecule has 0 fully saturated rings. The number of pyridine rings is 1. The van der Waals surface area contributed by atoms with E-state index in [1.54, 1.807) is 6.07 Å². The van der Waals surface area contributed by atoms with E-state index in [2.05, 4.69) is 9.71 Å². The lowest BCUT2D eigenvalue weighted by atomic mass is 10.4. The zero-order chi connectivity index (χ0) is 9.90. The van der Waals surface area contributed by atoms with Crippen molar-refractivity contribution in [3.8, 4) is 0 Å². The summed E-state index contributed by atoms with van der Waals surface area (Å²) in [4.78, 5) is 13.4. The van der Waals surface area contributed by atoms with Gasteiger partial charge >= 0.3 is 0 Å². The number of hydrogen-bond donors (Lipinski definition) is 2. The first-order valence-corrected chi connectivity index (χ1v) is 5.38. The lowest BCUT2D eigenvalue weighted by molar-refractivity contribution is 0.602. The number of hydrogen-bond acceptors (Lipinski definition) is 3. The molecular weight excluding hydrogens is 192 g/mol. The number of H-pyrrole nitrogens is 1. The minimum atomic E-state index is -3.37. The molecule has 0 saturated carbocycles. The zero-order valence-corrected chi connectivity index (χ0v) is 7.89. The maximum absolute atomic E-state index is 11.1. The molecular formula is C7H10N2O3S. The first kappa shape index (κ1) is 9.79. The second-order valence-corrected chi connectivity index (χ2v) is 4.43. The summed E-state index contributed by atoms with van der Waals surface area (Å²) in [6.07, 6.45) is 1.44. The van der Waals surface area contributed by atoms with Gasteiger partial charge in [0, 0.05) is 6.20 Å². The summed E-state index contributed by atoms with van der Waals surface area (Å²) in [5.41, 5.74) is -0.399. The minimum Gasteiger partial charge on any atom is -0.327 e. The van der Waals surface area contributed by atoms with Crippen LogP contribution in [0.1, 0.15) is 6.92 Å². The molecule has 0 bridgehead atoms. The highest BCUT2D eigenvalue weighted by Gasteiger charge is 2.08. The molecule has 6 heteroatoms. The van der Waals surface area contributed by atoms with Crippen LogP contribution >= 0.6 is 0 Å². The highest BCUT2D eigenvalue weighted by atomic mass is 32.2. The molecule has 0 radical (unpaired) electrons. The van der Waals surface area contributed by atoms with E-state index >= 15 is 0 Å². The fourth-order valence-corrected chi connectivity index (χ4v) is 1.38. The molecule has 0 aliphatic heterocycles. The number of nitrogens with one attached hydrogen (secondary N) is 2. The molecule has 0 aromatic carbocycles. The SMILES string of the molecule is CCS(=O)(=O)Nc1ccc[nH]c1=O. The highest BCUT2D eigenvalue weighted by molar-refractivity contribution is 7.92. The first-order valence-electron chi connectivity index (χ1n) is 3.73. The Kier molecular flexibility index (Phi) is 2.72. The second-order valence-electron chi connectivity index (χ2n) is 2.42. The van der Waals surface area contributed by atoms with Crippen LogP contribution in [0.2, 0.25) is 0 Å². The van der Waals surface area contributed by atoms with E-state index < -0.39 is 15.6 Å². The van der Waals surface area contributed by atoms with Gasteiger partial charge in [-0.2, -0.15) is 0 Å². The van der Waals surface area contributed by atoms with Crippen molar-refractivity contribution >= 4 is 15.7 Å². The van der Waals surface area contributed by atoms with Crippen molar-refractivity contribution in [2.45, 2.75) is 6.92 Å². The molecule has 1 heterocycles. The van der Waals surface area contributed by atoms with E-state index in [-0.39, 0.29) is 11.4 Å². The normalized spacial score (nSPS) is 11.2. The van der Waals surface area contributed by atoms with Crippen LogP contribution in [0.3, 0.4) is 0 Å². The van der Waals surface area contributed by atoms with Gasteiger partial charge in [0.2, 0.25) is 10.0 Å². The molecule has 0 aliphatic carbocycles. The molecule has 0 unspecified atom stereocenters. The van der Waals surface area contributed by atoms with Crippen molar-refractivity contribution in [3.05, 3.63) is 28.7 Å². The van der Waals surface area contributed by atoms with Crippen LogP contribution in [0.15, 0.2) is 23.1 Å². The maximum Gasteiger partial charge on any atom is 0.272 e. The van der Waals surface area contributed by atoms with Crippen molar-refractivity contribution in [2.75, 3.05) is 10.5 Å². The van der Waals surface area contributed by atoms with Crippen LogP contribution in [-0.2, 0) is 10.0 Å². The van der Waals surface area contributed by atoms with Gasteiger partial charge in [-0.25, -0.2) is 8.42 Å². The molecule has 0 saturated heterocycles. The second kappa shape index (κ2) is 3.61. The van der Waals surface area contributed by atoms with E-state index in [4.69, 9.17) is 0 Å². The van der Waals surface area contributed by atoms with Crippen LogP contribution in [-0.4, -0.2) is 19.2 Å². The molecule has 5 nitrogen and oxygen atoms in total. The largest absolute Gasteiger partial charge is 0.327 e. The Hall–Kier alpha value is -1.30. The number of anilines is 1. The summed E-state index contributed by atoms with van der Waals surface area (Å²) in [7, 11) is -3.37. The Labute approximate surface area is 75.9 Å². The number of aromatic amines is 1. The predicted octanol–water partition coefficient (Wildman–Crippen LogP) is 0.137. The van der Waals surface area contributed by atoms with Crippen molar-refractivity contribution in [2.24, 2.45) is 0 Å². The van der Waals surface area contributed by atoms with Gasteiger partial charge in [0.15, 0.2) is 0 Å². The van der Waals surface area contributed by atoms with Crippen LogP contribution in [0.4, 0.5) is 5.69 Å². The molecule has 0 spiro atoms. The third kappa shape index (κ3) is 2.59. The molecule has 72 valence electrons. The van der Waals surface area contributed by atoms with Crippen molar-refractivity contribution in [1.29, 1.82) is 0 Å². The van der Waals surface area contributed by atoms with E-state index in [9.17, 15) is 13.2 Å². The van der Waals surface area contributed by atoms with Gasteiger partial charge < -0.3 is 4.98 Å². The topological polar surface area (TPSA) is 79.0 Å². The Balaban J connectivity index is 3.00. The lowest BCUT2D eigenvalue weighted by Crippen LogP contribution is -2.20. The number of rotatable bonds is 3.